The van der Waals surface area contributed by atoms with Crippen molar-refractivity contribution in [2.75, 3.05) is 13.2 Å². The fraction of sp³-hybridized carbons (Fsp3) is 0.250. The van der Waals surface area contributed by atoms with E-state index in [1.165, 1.54) is 24.3 Å². The normalized spacial score (nSPS) is 16.7. The number of benzene rings is 2. The highest BCUT2D eigenvalue weighted by atomic mass is 35.5. The van der Waals surface area contributed by atoms with Gasteiger partial charge in [0.2, 0.25) is 5.75 Å². The standard InChI is InChI=1S/C16H12Cl2FNO5/c17-9-5-12(18)16(13(19)6-9)25-10-1-2-14(20(21)22)15(7-10)24-11-3-4-23-8-11/h1-2,5-7,11H,3-4,8H2. The van der Waals surface area contributed by atoms with Gasteiger partial charge in [-0.3, -0.25) is 10.1 Å². The van der Waals surface area contributed by atoms with E-state index in [-0.39, 0.29) is 39.1 Å². The third-order valence-corrected chi connectivity index (χ3v) is 3.99. The minimum absolute atomic E-state index is 0.0171. The summed E-state index contributed by atoms with van der Waals surface area (Å²) in [4.78, 5) is 10.6. The van der Waals surface area contributed by atoms with Crippen molar-refractivity contribution in [3.8, 4) is 17.2 Å². The van der Waals surface area contributed by atoms with E-state index in [0.717, 1.165) is 6.07 Å². The molecule has 1 fully saturated rings. The average molecular weight is 388 g/mol. The maximum atomic E-state index is 14.0. The molecule has 0 spiro atoms. The van der Waals surface area contributed by atoms with Crippen molar-refractivity contribution in [2.45, 2.75) is 12.5 Å². The van der Waals surface area contributed by atoms with Gasteiger partial charge < -0.3 is 14.2 Å². The van der Waals surface area contributed by atoms with Crippen molar-refractivity contribution < 1.29 is 23.5 Å². The van der Waals surface area contributed by atoms with Crippen LogP contribution in [-0.2, 0) is 4.74 Å². The minimum atomic E-state index is -0.748. The van der Waals surface area contributed by atoms with E-state index < -0.39 is 10.7 Å². The van der Waals surface area contributed by atoms with E-state index >= 15 is 0 Å². The number of rotatable bonds is 5. The fourth-order valence-corrected chi connectivity index (χ4v) is 2.84. The number of hydrogen-bond donors (Lipinski definition) is 0. The summed E-state index contributed by atoms with van der Waals surface area (Å²) in [5.74, 6) is -0.816. The average Bonchev–Trinajstić information content (AvgIpc) is 3.03. The molecule has 6 nitrogen and oxygen atoms in total. The third kappa shape index (κ3) is 4.12. The predicted octanol–water partition coefficient (Wildman–Crippen LogP) is 5.00. The SMILES string of the molecule is O=[N+]([O-])c1ccc(Oc2c(F)cc(Cl)cc2Cl)cc1OC1CCOC1. The highest BCUT2D eigenvalue weighted by Crippen LogP contribution is 2.38. The van der Waals surface area contributed by atoms with Crippen molar-refractivity contribution in [1.82, 2.24) is 0 Å². The summed E-state index contributed by atoms with van der Waals surface area (Å²) in [5.41, 5.74) is -0.220. The van der Waals surface area contributed by atoms with E-state index in [0.29, 0.717) is 19.6 Å². The van der Waals surface area contributed by atoms with E-state index in [1.54, 1.807) is 0 Å². The van der Waals surface area contributed by atoms with Gasteiger partial charge in [0.05, 0.1) is 23.2 Å². The lowest BCUT2D eigenvalue weighted by Gasteiger charge is -2.14. The summed E-state index contributed by atoms with van der Waals surface area (Å²) in [7, 11) is 0. The number of nitro benzene ring substituents is 1. The Balaban J connectivity index is 1.90. The van der Waals surface area contributed by atoms with Crippen LogP contribution in [0.4, 0.5) is 10.1 Å². The van der Waals surface area contributed by atoms with Crippen LogP contribution in [0.15, 0.2) is 30.3 Å². The van der Waals surface area contributed by atoms with Crippen molar-refractivity contribution in [3.05, 3.63) is 56.3 Å². The second-order valence-corrected chi connectivity index (χ2v) is 6.13. The highest BCUT2D eigenvalue weighted by Gasteiger charge is 2.24. The Bertz CT molecular complexity index is 788. The van der Waals surface area contributed by atoms with Gasteiger partial charge in [-0.15, -0.1) is 0 Å². The van der Waals surface area contributed by atoms with Crippen molar-refractivity contribution >= 4 is 28.9 Å². The molecule has 0 radical (unpaired) electrons. The summed E-state index contributed by atoms with van der Waals surface area (Å²) in [6.45, 7) is 0.875. The maximum Gasteiger partial charge on any atom is 0.311 e. The Morgan fingerprint density at radius 2 is 2.08 bits per heavy atom. The molecule has 1 aliphatic rings. The molecule has 0 aliphatic carbocycles. The van der Waals surface area contributed by atoms with Crippen LogP contribution in [0.25, 0.3) is 0 Å². The molecule has 3 rings (SSSR count). The minimum Gasteiger partial charge on any atom is -0.481 e. The molecule has 1 saturated heterocycles. The summed E-state index contributed by atoms with van der Waals surface area (Å²) < 4.78 is 30.2. The molecule has 0 saturated carbocycles. The molecule has 9 heteroatoms. The number of nitro groups is 1. The van der Waals surface area contributed by atoms with Gasteiger partial charge in [0.1, 0.15) is 11.9 Å². The Labute approximate surface area is 152 Å². The summed E-state index contributed by atoms with van der Waals surface area (Å²) in [6.07, 6.45) is 0.338. The second-order valence-electron chi connectivity index (χ2n) is 5.29. The number of halogens is 3. The molecule has 25 heavy (non-hydrogen) atoms. The van der Waals surface area contributed by atoms with Gasteiger partial charge in [-0.05, 0) is 18.2 Å². The molecule has 132 valence electrons. The van der Waals surface area contributed by atoms with Crippen LogP contribution in [0.3, 0.4) is 0 Å². The van der Waals surface area contributed by atoms with Gasteiger partial charge in [0.15, 0.2) is 11.6 Å². The summed E-state index contributed by atoms with van der Waals surface area (Å²) >= 11 is 11.7. The lowest BCUT2D eigenvalue weighted by atomic mass is 10.2. The largest absolute Gasteiger partial charge is 0.481 e. The van der Waals surface area contributed by atoms with Crippen LogP contribution in [0, 0.1) is 15.9 Å². The molecule has 0 amide bonds. The van der Waals surface area contributed by atoms with E-state index in [2.05, 4.69) is 0 Å². The van der Waals surface area contributed by atoms with E-state index in [4.69, 9.17) is 37.4 Å². The van der Waals surface area contributed by atoms with Crippen LogP contribution in [0.1, 0.15) is 6.42 Å². The molecule has 0 N–H and O–H groups in total. The van der Waals surface area contributed by atoms with E-state index in [9.17, 15) is 14.5 Å². The van der Waals surface area contributed by atoms with Crippen LogP contribution in [0.2, 0.25) is 10.0 Å². The van der Waals surface area contributed by atoms with Gasteiger partial charge in [-0.1, -0.05) is 23.2 Å². The lowest BCUT2D eigenvalue weighted by molar-refractivity contribution is -0.386. The zero-order valence-corrected chi connectivity index (χ0v) is 14.2. The van der Waals surface area contributed by atoms with E-state index in [1.807, 2.05) is 0 Å². The van der Waals surface area contributed by atoms with Gasteiger partial charge in [-0.2, -0.15) is 0 Å². The monoisotopic (exact) mass is 387 g/mol. The van der Waals surface area contributed by atoms with Crippen molar-refractivity contribution in [3.63, 3.8) is 0 Å². The first kappa shape index (κ1) is 17.7. The molecule has 1 unspecified atom stereocenters. The Morgan fingerprint density at radius 3 is 2.72 bits per heavy atom. The summed E-state index contributed by atoms with van der Waals surface area (Å²) in [5, 5.41) is 11.3. The van der Waals surface area contributed by atoms with Crippen molar-refractivity contribution in [2.24, 2.45) is 0 Å². The zero-order chi connectivity index (χ0) is 18.0. The molecule has 0 bridgehead atoms. The predicted molar refractivity (Wildman–Crippen MR) is 89.4 cm³/mol. The van der Waals surface area contributed by atoms with Crippen LogP contribution >= 0.6 is 23.2 Å². The topological polar surface area (TPSA) is 70.8 Å². The Hall–Kier alpha value is -2.09. The molecule has 1 heterocycles. The van der Waals surface area contributed by atoms with Crippen LogP contribution < -0.4 is 9.47 Å². The van der Waals surface area contributed by atoms with Crippen LogP contribution in [-0.4, -0.2) is 24.2 Å². The van der Waals surface area contributed by atoms with Gasteiger partial charge in [0, 0.05) is 23.6 Å². The Morgan fingerprint density at radius 1 is 1.28 bits per heavy atom. The number of hydrogen-bond acceptors (Lipinski definition) is 5. The third-order valence-electron chi connectivity index (χ3n) is 3.49. The molecule has 2 aromatic carbocycles. The molecule has 1 atom stereocenters. The van der Waals surface area contributed by atoms with Gasteiger partial charge >= 0.3 is 5.69 Å². The second kappa shape index (κ2) is 7.43. The molecule has 2 aromatic rings. The molecule has 0 aromatic heterocycles. The number of nitrogens with zero attached hydrogens (tertiary/aromatic N) is 1. The molecule has 1 aliphatic heterocycles. The number of ether oxygens (including phenoxy) is 3. The smallest absolute Gasteiger partial charge is 0.311 e. The molecular weight excluding hydrogens is 376 g/mol. The maximum absolute atomic E-state index is 14.0. The fourth-order valence-electron chi connectivity index (χ4n) is 2.33. The Kier molecular flexibility index (Phi) is 5.27. The lowest BCUT2D eigenvalue weighted by Crippen LogP contribution is -2.16. The van der Waals surface area contributed by atoms with Gasteiger partial charge in [-0.25, -0.2) is 4.39 Å². The first-order valence-corrected chi connectivity index (χ1v) is 8.05. The highest BCUT2D eigenvalue weighted by molar-refractivity contribution is 6.35. The van der Waals surface area contributed by atoms with Crippen molar-refractivity contribution in [1.29, 1.82) is 0 Å². The first-order chi connectivity index (χ1) is 11.9. The zero-order valence-electron chi connectivity index (χ0n) is 12.7. The first-order valence-electron chi connectivity index (χ1n) is 7.29. The molecular formula is C16H12Cl2FNO5. The summed E-state index contributed by atoms with van der Waals surface area (Å²) in [6, 6.07) is 6.27. The van der Waals surface area contributed by atoms with Gasteiger partial charge in [0.25, 0.3) is 0 Å². The van der Waals surface area contributed by atoms with Crippen LogP contribution in [0.5, 0.6) is 17.2 Å². The quantitative estimate of drug-likeness (QED) is 0.533.